The molecule has 0 aromatic heterocycles. The topological polar surface area (TPSA) is 57.2 Å². The monoisotopic (exact) mass is 593 g/mol. The largest absolute Gasteiger partial charge is 0.455 e. The van der Waals surface area contributed by atoms with Crippen LogP contribution in [0, 0.1) is 0 Å². The van der Waals surface area contributed by atoms with E-state index in [2.05, 4.69) is 36.1 Å². The maximum Gasteiger partial charge on any atom is 0.338 e. The molecule has 4 aromatic rings. The Balaban J connectivity index is 1.48. The quantitative estimate of drug-likeness (QED) is 0.146. The van der Waals surface area contributed by atoms with Crippen LogP contribution in [0.15, 0.2) is 121 Å². The summed E-state index contributed by atoms with van der Waals surface area (Å²) in [5.41, 5.74) is 3.70. The fourth-order valence-electron chi connectivity index (χ4n) is 5.53. The van der Waals surface area contributed by atoms with E-state index in [0.29, 0.717) is 38.5 Å². The second-order valence-electron chi connectivity index (χ2n) is 11.3. The Hall–Kier alpha value is -3.81. The lowest BCUT2D eigenvalue weighted by atomic mass is 10.0. The van der Waals surface area contributed by atoms with Crippen molar-refractivity contribution < 1.29 is 23.7 Å². The number of esters is 1. The van der Waals surface area contributed by atoms with Crippen molar-refractivity contribution in [2.75, 3.05) is 19.6 Å². The molecular weight excluding hydrogens is 550 g/mol. The molecule has 44 heavy (non-hydrogen) atoms. The van der Waals surface area contributed by atoms with Gasteiger partial charge in [-0.2, -0.15) is 0 Å². The lowest BCUT2D eigenvalue weighted by molar-refractivity contribution is -0.169. The van der Waals surface area contributed by atoms with Crippen LogP contribution in [-0.4, -0.2) is 54.9 Å². The minimum atomic E-state index is -0.575. The highest BCUT2D eigenvalue weighted by atomic mass is 16.6. The molecule has 6 nitrogen and oxygen atoms in total. The third-order valence-electron chi connectivity index (χ3n) is 7.91. The lowest BCUT2D eigenvalue weighted by Gasteiger charge is -2.34. The van der Waals surface area contributed by atoms with E-state index in [1.807, 2.05) is 84.9 Å². The highest BCUT2D eigenvalue weighted by Crippen LogP contribution is 2.27. The molecule has 0 aliphatic carbocycles. The molecular formula is C38H43NO5. The van der Waals surface area contributed by atoms with E-state index in [1.54, 1.807) is 12.1 Å². The lowest BCUT2D eigenvalue weighted by Crippen LogP contribution is -2.49. The molecule has 4 aromatic carbocycles. The number of hydrogen-bond acceptors (Lipinski definition) is 6. The Labute approximate surface area is 261 Å². The molecule has 4 atom stereocenters. The van der Waals surface area contributed by atoms with Crippen LogP contribution in [0.1, 0.15) is 46.8 Å². The highest BCUT2D eigenvalue weighted by molar-refractivity contribution is 5.89. The Morgan fingerprint density at radius 1 is 0.614 bits per heavy atom. The summed E-state index contributed by atoms with van der Waals surface area (Å²) in [5.74, 6) is -0.371. The summed E-state index contributed by atoms with van der Waals surface area (Å²) < 4.78 is 26.5. The van der Waals surface area contributed by atoms with Crippen molar-refractivity contribution in [3.8, 4) is 0 Å². The fraction of sp³-hybridized carbons (Fsp3) is 0.342. The zero-order valence-electron chi connectivity index (χ0n) is 25.5. The molecule has 1 heterocycles. The van der Waals surface area contributed by atoms with Crippen molar-refractivity contribution in [2.45, 2.75) is 64.0 Å². The number of hydrogen-bond donors (Lipinski definition) is 0. The molecule has 230 valence electrons. The molecule has 0 unspecified atom stereocenters. The first-order valence-electron chi connectivity index (χ1n) is 15.6. The number of benzene rings is 4. The number of likely N-dealkylation sites (tertiary alicyclic amines) is 1. The normalized spacial score (nSPS) is 20.6. The van der Waals surface area contributed by atoms with Gasteiger partial charge in [-0.1, -0.05) is 123 Å². The van der Waals surface area contributed by atoms with Crippen LogP contribution in [0.4, 0.5) is 0 Å². The second-order valence-corrected chi connectivity index (χ2v) is 11.3. The summed E-state index contributed by atoms with van der Waals surface area (Å²) in [6.45, 7) is 5.39. The van der Waals surface area contributed by atoms with Crippen LogP contribution in [-0.2, 0) is 38.8 Å². The molecule has 0 bridgehead atoms. The van der Waals surface area contributed by atoms with Crippen LogP contribution in [0.3, 0.4) is 0 Å². The van der Waals surface area contributed by atoms with Crippen molar-refractivity contribution in [1.29, 1.82) is 0 Å². The Morgan fingerprint density at radius 3 is 1.55 bits per heavy atom. The van der Waals surface area contributed by atoms with E-state index >= 15 is 0 Å². The number of nitrogens with zero attached hydrogens (tertiary/aromatic N) is 1. The predicted molar refractivity (Wildman–Crippen MR) is 172 cm³/mol. The van der Waals surface area contributed by atoms with E-state index in [-0.39, 0.29) is 12.1 Å². The van der Waals surface area contributed by atoms with Gasteiger partial charge in [0.2, 0.25) is 0 Å². The maximum absolute atomic E-state index is 13.5. The Kier molecular flexibility index (Phi) is 12.1. The van der Waals surface area contributed by atoms with E-state index in [9.17, 15) is 4.79 Å². The van der Waals surface area contributed by atoms with Gasteiger partial charge in [-0.25, -0.2) is 4.79 Å². The van der Waals surface area contributed by atoms with Crippen molar-refractivity contribution >= 4 is 5.97 Å². The third-order valence-corrected chi connectivity index (χ3v) is 7.91. The predicted octanol–water partition coefficient (Wildman–Crippen LogP) is 7.08. The van der Waals surface area contributed by atoms with Gasteiger partial charge >= 0.3 is 5.97 Å². The fourth-order valence-corrected chi connectivity index (χ4v) is 5.53. The van der Waals surface area contributed by atoms with Gasteiger partial charge in [0, 0.05) is 13.1 Å². The number of rotatable bonds is 14. The van der Waals surface area contributed by atoms with Crippen molar-refractivity contribution in [3.05, 3.63) is 144 Å². The van der Waals surface area contributed by atoms with E-state index in [1.165, 1.54) is 0 Å². The van der Waals surface area contributed by atoms with Crippen molar-refractivity contribution in [1.82, 2.24) is 4.90 Å². The molecule has 0 radical (unpaired) electrons. The molecule has 1 fully saturated rings. The van der Waals surface area contributed by atoms with E-state index in [0.717, 1.165) is 36.1 Å². The molecule has 5 rings (SSSR count). The maximum atomic E-state index is 13.5. The van der Waals surface area contributed by atoms with Crippen LogP contribution >= 0.6 is 0 Å². The molecule has 6 heteroatoms. The summed E-state index contributed by atoms with van der Waals surface area (Å²) in [7, 11) is 0. The molecule has 0 amide bonds. The highest BCUT2D eigenvalue weighted by Gasteiger charge is 2.44. The SMILES string of the molecule is CCCCN1C[C@H](OCc2ccccc2)[C@@H](OCc2ccccc2)[C@H](OCc2ccccc2)[C@H](OC(=O)c2ccccc2)C1. The minimum Gasteiger partial charge on any atom is -0.455 e. The van der Waals surface area contributed by atoms with Gasteiger partial charge in [0.25, 0.3) is 0 Å². The smallest absolute Gasteiger partial charge is 0.338 e. The number of carbonyl (C=O) groups excluding carboxylic acids is 1. The molecule has 1 aliphatic heterocycles. The number of carbonyl (C=O) groups is 1. The summed E-state index contributed by atoms with van der Waals surface area (Å²) in [6, 6.07) is 39.5. The number of unbranched alkanes of at least 4 members (excludes halogenated alkanes) is 1. The van der Waals surface area contributed by atoms with Crippen LogP contribution in [0.2, 0.25) is 0 Å². The first-order chi connectivity index (χ1) is 21.7. The zero-order chi connectivity index (χ0) is 30.4. The van der Waals surface area contributed by atoms with Gasteiger partial charge in [-0.15, -0.1) is 0 Å². The molecule has 1 aliphatic rings. The van der Waals surface area contributed by atoms with Crippen LogP contribution in [0.5, 0.6) is 0 Å². The van der Waals surface area contributed by atoms with Gasteiger partial charge in [-0.3, -0.25) is 4.90 Å². The van der Waals surface area contributed by atoms with E-state index < -0.39 is 18.3 Å². The van der Waals surface area contributed by atoms with Gasteiger partial charge in [0.15, 0.2) is 0 Å². The first-order valence-corrected chi connectivity index (χ1v) is 15.6. The Morgan fingerprint density at radius 2 is 1.05 bits per heavy atom. The average molecular weight is 594 g/mol. The molecule has 0 saturated carbocycles. The minimum absolute atomic E-state index is 0.322. The first kappa shape index (κ1) is 31.6. The van der Waals surface area contributed by atoms with Crippen LogP contribution < -0.4 is 0 Å². The van der Waals surface area contributed by atoms with E-state index in [4.69, 9.17) is 18.9 Å². The summed E-state index contributed by atoms with van der Waals surface area (Å²) >= 11 is 0. The van der Waals surface area contributed by atoms with Gasteiger partial charge in [0.1, 0.15) is 18.3 Å². The third kappa shape index (κ3) is 9.34. The standard InChI is InChI=1S/C38H43NO5/c1-2-3-24-39-25-34(41-27-30-16-8-4-9-17-30)36(42-28-31-18-10-5-11-19-31)37(43-29-32-20-12-6-13-21-32)35(26-39)44-38(40)33-22-14-7-15-23-33/h4-23,34-37H,2-3,24-29H2,1H3/t34-,35+,36+,37+/m0/s1. The molecule has 1 saturated heterocycles. The molecule has 0 N–H and O–H groups in total. The summed E-state index contributed by atoms with van der Waals surface area (Å²) in [6.07, 6.45) is 0.117. The van der Waals surface area contributed by atoms with Crippen LogP contribution in [0.25, 0.3) is 0 Å². The van der Waals surface area contributed by atoms with Gasteiger partial charge in [0.05, 0.1) is 31.5 Å². The average Bonchev–Trinajstić information content (AvgIpc) is 3.21. The van der Waals surface area contributed by atoms with Gasteiger partial charge in [-0.05, 0) is 41.8 Å². The number of ether oxygens (including phenoxy) is 4. The second kappa shape index (κ2) is 16.9. The van der Waals surface area contributed by atoms with Gasteiger partial charge < -0.3 is 18.9 Å². The molecule has 0 spiro atoms. The summed E-state index contributed by atoms with van der Waals surface area (Å²) in [5, 5.41) is 0. The summed E-state index contributed by atoms with van der Waals surface area (Å²) in [4.78, 5) is 15.8. The Bertz CT molecular complexity index is 1370. The van der Waals surface area contributed by atoms with Crippen molar-refractivity contribution in [2.24, 2.45) is 0 Å². The van der Waals surface area contributed by atoms with Crippen molar-refractivity contribution in [3.63, 3.8) is 0 Å². The zero-order valence-corrected chi connectivity index (χ0v) is 25.5.